The lowest BCUT2D eigenvalue weighted by Gasteiger charge is -2.05. The molecule has 1 N–H and O–H groups in total. The summed E-state index contributed by atoms with van der Waals surface area (Å²) in [5.41, 5.74) is 1.82. The maximum atomic E-state index is 11.6. The number of nitrogens with one attached hydrogen (secondary N) is 1. The summed E-state index contributed by atoms with van der Waals surface area (Å²) in [6.45, 7) is 3.57. The van der Waals surface area contributed by atoms with E-state index in [4.69, 9.17) is 4.42 Å². The van der Waals surface area contributed by atoms with Gasteiger partial charge < -0.3 is 4.42 Å². The molecule has 6 heteroatoms. The Kier molecular flexibility index (Phi) is 3.06. The third kappa shape index (κ3) is 2.76. The van der Waals surface area contributed by atoms with E-state index in [0.29, 0.717) is 29.1 Å². The Labute approximate surface area is 99.9 Å². The molecule has 0 aliphatic carbocycles. The van der Waals surface area contributed by atoms with Crippen molar-refractivity contribution >= 4 is 26.8 Å². The summed E-state index contributed by atoms with van der Waals surface area (Å²) in [7, 11) is -3.25. The highest BCUT2D eigenvalue weighted by atomic mass is 32.2. The van der Waals surface area contributed by atoms with Crippen molar-refractivity contribution in [3.05, 3.63) is 24.1 Å². The van der Waals surface area contributed by atoms with Crippen molar-refractivity contribution in [1.82, 2.24) is 4.98 Å². The molecule has 1 aromatic carbocycles. The zero-order valence-electron chi connectivity index (χ0n) is 9.73. The van der Waals surface area contributed by atoms with Crippen LogP contribution in [0.15, 0.2) is 22.6 Å². The number of nitrogens with zero attached hydrogens (tertiary/aromatic N) is 1. The van der Waals surface area contributed by atoms with E-state index in [1.165, 1.54) is 0 Å². The van der Waals surface area contributed by atoms with Gasteiger partial charge >= 0.3 is 0 Å². The van der Waals surface area contributed by atoms with Crippen molar-refractivity contribution in [2.75, 3.05) is 10.5 Å². The fourth-order valence-corrected chi connectivity index (χ4v) is 2.73. The van der Waals surface area contributed by atoms with Gasteiger partial charge in [0.15, 0.2) is 11.5 Å². The summed E-state index contributed by atoms with van der Waals surface area (Å²) in [5, 5.41) is 0. The zero-order valence-corrected chi connectivity index (χ0v) is 10.5. The normalized spacial score (nSPS) is 11.9. The number of hydrogen-bond donors (Lipinski definition) is 1. The summed E-state index contributed by atoms with van der Waals surface area (Å²) in [5.74, 6) is 0.677. The van der Waals surface area contributed by atoms with E-state index in [-0.39, 0.29) is 5.75 Å². The van der Waals surface area contributed by atoms with E-state index < -0.39 is 10.0 Å². The number of aryl methyl sites for hydroxylation is 1. The van der Waals surface area contributed by atoms with Crippen molar-refractivity contribution in [3.63, 3.8) is 0 Å². The maximum absolute atomic E-state index is 11.6. The SMILES string of the molecule is CCCS(=O)(=O)Nc1ccc2oc(C)nc2c1. The molecule has 2 aromatic rings. The second kappa shape index (κ2) is 4.37. The molecule has 0 bridgehead atoms. The van der Waals surface area contributed by atoms with Gasteiger partial charge in [0.1, 0.15) is 5.52 Å². The second-order valence-electron chi connectivity index (χ2n) is 3.84. The van der Waals surface area contributed by atoms with Crippen LogP contribution in [-0.2, 0) is 10.0 Å². The fourth-order valence-electron chi connectivity index (χ4n) is 1.61. The monoisotopic (exact) mass is 254 g/mol. The Bertz CT molecular complexity index is 631. The molecule has 0 spiro atoms. The van der Waals surface area contributed by atoms with E-state index in [2.05, 4.69) is 9.71 Å². The molecule has 0 saturated heterocycles. The predicted octanol–water partition coefficient (Wildman–Crippen LogP) is 2.29. The van der Waals surface area contributed by atoms with Gasteiger partial charge in [0.2, 0.25) is 10.0 Å². The van der Waals surface area contributed by atoms with Gasteiger partial charge in [-0.2, -0.15) is 0 Å². The molecule has 5 nitrogen and oxygen atoms in total. The minimum atomic E-state index is -3.25. The van der Waals surface area contributed by atoms with Gasteiger partial charge in [-0.1, -0.05) is 6.92 Å². The molecule has 0 aliphatic heterocycles. The zero-order chi connectivity index (χ0) is 12.5. The lowest BCUT2D eigenvalue weighted by Crippen LogP contribution is -2.15. The molecule has 2 rings (SSSR count). The van der Waals surface area contributed by atoms with Gasteiger partial charge in [0, 0.05) is 6.92 Å². The largest absolute Gasteiger partial charge is 0.441 e. The van der Waals surface area contributed by atoms with E-state index in [1.807, 2.05) is 6.92 Å². The molecule has 17 heavy (non-hydrogen) atoms. The first-order chi connectivity index (χ1) is 8.00. The van der Waals surface area contributed by atoms with E-state index in [9.17, 15) is 8.42 Å². The number of sulfonamides is 1. The van der Waals surface area contributed by atoms with Crippen LogP contribution in [0.2, 0.25) is 0 Å². The first kappa shape index (κ1) is 11.9. The van der Waals surface area contributed by atoms with E-state index in [0.717, 1.165) is 0 Å². The maximum Gasteiger partial charge on any atom is 0.232 e. The van der Waals surface area contributed by atoms with Crippen LogP contribution in [0.1, 0.15) is 19.2 Å². The summed E-state index contributed by atoms with van der Waals surface area (Å²) < 4.78 is 31.0. The van der Waals surface area contributed by atoms with E-state index >= 15 is 0 Å². The lowest BCUT2D eigenvalue weighted by atomic mass is 10.3. The Morgan fingerprint density at radius 3 is 2.88 bits per heavy atom. The topological polar surface area (TPSA) is 72.2 Å². The van der Waals surface area contributed by atoms with Crippen LogP contribution in [0.3, 0.4) is 0 Å². The first-order valence-corrected chi connectivity index (χ1v) is 7.03. The Morgan fingerprint density at radius 1 is 1.41 bits per heavy atom. The second-order valence-corrected chi connectivity index (χ2v) is 5.68. The first-order valence-electron chi connectivity index (χ1n) is 5.38. The molecule has 0 amide bonds. The molecular formula is C11H14N2O3S. The van der Waals surface area contributed by atoms with Crippen molar-refractivity contribution in [3.8, 4) is 0 Å². The molecule has 0 saturated carbocycles. The molecule has 0 fully saturated rings. The number of rotatable bonds is 4. The van der Waals surface area contributed by atoms with Crippen molar-refractivity contribution < 1.29 is 12.8 Å². The Hall–Kier alpha value is -1.56. The number of oxazole rings is 1. The molecule has 0 aliphatic rings. The molecule has 0 unspecified atom stereocenters. The Balaban J connectivity index is 2.31. The summed E-state index contributed by atoms with van der Waals surface area (Å²) in [4.78, 5) is 4.15. The molecule has 92 valence electrons. The van der Waals surface area contributed by atoms with Gasteiger partial charge in [-0.05, 0) is 24.6 Å². The molecule has 1 aromatic heterocycles. The average Bonchev–Trinajstić information content (AvgIpc) is 2.56. The highest BCUT2D eigenvalue weighted by Gasteiger charge is 2.10. The summed E-state index contributed by atoms with van der Waals surface area (Å²) >= 11 is 0. The van der Waals surface area contributed by atoms with Crippen molar-refractivity contribution in [1.29, 1.82) is 0 Å². The average molecular weight is 254 g/mol. The molecule has 1 heterocycles. The minimum Gasteiger partial charge on any atom is -0.441 e. The van der Waals surface area contributed by atoms with Gasteiger partial charge in [-0.15, -0.1) is 0 Å². The number of aromatic nitrogens is 1. The predicted molar refractivity (Wildman–Crippen MR) is 66.4 cm³/mol. The fraction of sp³-hybridized carbons (Fsp3) is 0.364. The lowest BCUT2D eigenvalue weighted by molar-refractivity contribution is 0.561. The molecule has 0 radical (unpaired) electrons. The minimum absolute atomic E-state index is 0.114. The number of benzene rings is 1. The number of anilines is 1. The number of hydrogen-bond acceptors (Lipinski definition) is 4. The van der Waals surface area contributed by atoms with Crippen molar-refractivity contribution in [2.45, 2.75) is 20.3 Å². The van der Waals surface area contributed by atoms with Gasteiger partial charge in [0.05, 0.1) is 11.4 Å². The van der Waals surface area contributed by atoms with Crippen LogP contribution >= 0.6 is 0 Å². The van der Waals surface area contributed by atoms with Crippen LogP contribution in [0.25, 0.3) is 11.1 Å². The van der Waals surface area contributed by atoms with Crippen LogP contribution < -0.4 is 4.72 Å². The standard InChI is InChI=1S/C11H14N2O3S/c1-3-6-17(14,15)13-9-4-5-11-10(7-9)12-8(2)16-11/h4-5,7,13H,3,6H2,1-2H3. The van der Waals surface area contributed by atoms with Crippen LogP contribution in [0.4, 0.5) is 5.69 Å². The van der Waals surface area contributed by atoms with Gasteiger partial charge in [0.25, 0.3) is 0 Å². The third-order valence-corrected chi connectivity index (χ3v) is 3.73. The van der Waals surface area contributed by atoms with E-state index in [1.54, 1.807) is 25.1 Å². The number of fused-ring (bicyclic) bond motifs is 1. The highest BCUT2D eigenvalue weighted by molar-refractivity contribution is 7.92. The summed E-state index contributed by atoms with van der Waals surface area (Å²) in [6.07, 6.45) is 0.584. The van der Waals surface area contributed by atoms with Gasteiger partial charge in [-0.3, -0.25) is 4.72 Å². The quantitative estimate of drug-likeness (QED) is 0.908. The van der Waals surface area contributed by atoms with Crippen LogP contribution in [0.5, 0.6) is 0 Å². The van der Waals surface area contributed by atoms with Crippen molar-refractivity contribution in [2.24, 2.45) is 0 Å². The molecule has 0 atom stereocenters. The smallest absolute Gasteiger partial charge is 0.232 e. The summed E-state index contributed by atoms with van der Waals surface area (Å²) in [6, 6.07) is 5.04. The van der Waals surface area contributed by atoms with Crippen LogP contribution in [-0.4, -0.2) is 19.2 Å². The molecular weight excluding hydrogens is 240 g/mol. The Morgan fingerprint density at radius 2 is 2.18 bits per heavy atom. The highest BCUT2D eigenvalue weighted by Crippen LogP contribution is 2.20. The van der Waals surface area contributed by atoms with Gasteiger partial charge in [-0.25, -0.2) is 13.4 Å². The van der Waals surface area contributed by atoms with Crippen LogP contribution in [0, 0.1) is 6.92 Å². The third-order valence-electron chi connectivity index (χ3n) is 2.24.